The van der Waals surface area contributed by atoms with Gasteiger partial charge in [-0.05, 0) is 36.2 Å². The number of nitrogens with one attached hydrogen (secondary N) is 1. The standard InChI is InChI=1S/C30H31F4N5O7/c1-16-10-18(38-7-9-46-15-23(38)30(32,33)34)12-20(31)25(16)26(40)36-21(28(42)44-3)11-17-4-5-24(35-13-17)39-27(41)19-14-45-8-6-22(19)37(2)29(39)43/h4-5,10,12-13,21,23H,6-9,11,14-15H2,1-3H3,(H,36,40)/t21-,23+/m0/s1. The van der Waals surface area contributed by atoms with Crippen LogP contribution in [0.5, 0.6) is 0 Å². The number of rotatable bonds is 7. The number of fused-ring (bicyclic) bond motifs is 1. The lowest BCUT2D eigenvalue weighted by molar-refractivity contribution is -0.167. The van der Waals surface area contributed by atoms with E-state index in [4.69, 9.17) is 14.2 Å². The van der Waals surface area contributed by atoms with Crippen LogP contribution in [0.3, 0.4) is 0 Å². The molecule has 5 rings (SSSR count). The average Bonchev–Trinajstić information content (AvgIpc) is 3.03. The summed E-state index contributed by atoms with van der Waals surface area (Å²) in [5, 5.41) is 2.44. The predicted octanol–water partition coefficient (Wildman–Crippen LogP) is 1.73. The first-order valence-electron chi connectivity index (χ1n) is 14.3. The van der Waals surface area contributed by atoms with Crippen LogP contribution in [-0.4, -0.2) is 77.7 Å². The molecule has 0 unspecified atom stereocenters. The molecule has 4 heterocycles. The zero-order chi connectivity index (χ0) is 33.3. The van der Waals surface area contributed by atoms with E-state index in [1.165, 1.54) is 35.9 Å². The number of anilines is 1. The first-order valence-corrected chi connectivity index (χ1v) is 14.3. The number of nitrogens with zero attached hydrogens (tertiary/aromatic N) is 4. The Morgan fingerprint density at radius 2 is 1.93 bits per heavy atom. The summed E-state index contributed by atoms with van der Waals surface area (Å²) >= 11 is 0. The summed E-state index contributed by atoms with van der Waals surface area (Å²) in [5.74, 6) is -2.88. The number of pyridine rings is 1. The Morgan fingerprint density at radius 3 is 2.59 bits per heavy atom. The van der Waals surface area contributed by atoms with Crippen LogP contribution in [0.25, 0.3) is 5.82 Å². The number of morpholine rings is 1. The van der Waals surface area contributed by atoms with Gasteiger partial charge in [0.2, 0.25) is 0 Å². The third-order valence-electron chi connectivity index (χ3n) is 8.03. The first kappa shape index (κ1) is 32.8. The van der Waals surface area contributed by atoms with Gasteiger partial charge in [-0.1, -0.05) is 6.07 Å². The SMILES string of the molecule is COC(=O)[C@H](Cc1ccc(-n2c(=O)c3c(n(C)c2=O)CCOC3)nc1)NC(=O)c1c(C)cc(N2CCOC[C@@H]2C(F)(F)F)cc1F. The molecule has 2 aliphatic heterocycles. The van der Waals surface area contributed by atoms with Crippen molar-refractivity contribution in [3.05, 3.63) is 85.1 Å². The fraction of sp³-hybridized carbons (Fsp3) is 0.433. The number of hydrogen-bond acceptors (Lipinski definition) is 9. The number of methoxy groups -OCH3 is 1. The van der Waals surface area contributed by atoms with Crippen molar-refractivity contribution >= 4 is 17.6 Å². The highest BCUT2D eigenvalue weighted by molar-refractivity contribution is 5.98. The minimum absolute atomic E-state index is 0.0157. The molecule has 1 fully saturated rings. The molecule has 1 aromatic carbocycles. The third-order valence-corrected chi connectivity index (χ3v) is 8.03. The zero-order valence-electron chi connectivity index (χ0n) is 25.1. The number of carbonyl (C=O) groups excluding carboxylic acids is 2. The summed E-state index contributed by atoms with van der Waals surface area (Å²) in [6, 6.07) is 1.75. The number of esters is 1. The van der Waals surface area contributed by atoms with Crippen molar-refractivity contribution in [1.29, 1.82) is 0 Å². The van der Waals surface area contributed by atoms with Crippen molar-refractivity contribution in [3.8, 4) is 5.82 Å². The Bertz CT molecular complexity index is 1750. The molecule has 0 aliphatic carbocycles. The minimum atomic E-state index is -4.62. The van der Waals surface area contributed by atoms with Gasteiger partial charge in [0.15, 0.2) is 0 Å². The maximum Gasteiger partial charge on any atom is 0.411 e. The number of alkyl halides is 3. The van der Waals surface area contributed by atoms with E-state index in [0.29, 0.717) is 29.8 Å². The highest BCUT2D eigenvalue weighted by atomic mass is 19.4. The third kappa shape index (κ3) is 6.39. The molecule has 2 atom stereocenters. The topological polar surface area (TPSA) is 134 Å². The average molecular weight is 650 g/mol. The molecule has 3 aromatic rings. The Balaban J connectivity index is 1.36. The molecule has 0 bridgehead atoms. The fourth-order valence-electron chi connectivity index (χ4n) is 5.66. The molecule has 2 aromatic heterocycles. The van der Waals surface area contributed by atoms with E-state index in [1.807, 2.05) is 0 Å². The summed E-state index contributed by atoms with van der Waals surface area (Å²) < 4.78 is 73.5. The Morgan fingerprint density at radius 1 is 1.17 bits per heavy atom. The van der Waals surface area contributed by atoms with Gasteiger partial charge in [0.05, 0.1) is 44.7 Å². The molecule has 46 heavy (non-hydrogen) atoms. The Kier molecular flexibility index (Phi) is 9.30. The summed E-state index contributed by atoms with van der Waals surface area (Å²) in [5.41, 5.74) is -0.240. The second-order valence-corrected chi connectivity index (χ2v) is 10.9. The first-order chi connectivity index (χ1) is 21.8. The van der Waals surface area contributed by atoms with E-state index in [2.05, 4.69) is 10.3 Å². The number of hydrogen-bond donors (Lipinski definition) is 1. The number of benzene rings is 1. The normalized spacial score (nSPS) is 17.3. The molecule has 2 aliphatic rings. The predicted molar refractivity (Wildman–Crippen MR) is 155 cm³/mol. The van der Waals surface area contributed by atoms with Crippen LogP contribution in [0.2, 0.25) is 0 Å². The van der Waals surface area contributed by atoms with Crippen molar-refractivity contribution in [1.82, 2.24) is 19.4 Å². The summed E-state index contributed by atoms with van der Waals surface area (Å²) in [4.78, 5) is 57.1. The summed E-state index contributed by atoms with van der Waals surface area (Å²) in [6.45, 7) is 1.10. The minimum Gasteiger partial charge on any atom is -0.467 e. The van der Waals surface area contributed by atoms with Gasteiger partial charge in [-0.3, -0.25) is 14.2 Å². The van der Waals surface area contributed by atoms with Crippen LogP contribution >= 0.6 is 0 Å². The molecule has 0 spiro atoms. The quantitative estimate of drug-likeness (QED) is 0.300. The molecule has 246 valence electrons. The van der Waals surface area contributed by atoms with Crippen molar-refractivity contribution < 1.29 is 41.4 Å². The molecular formula is C30H31F4N5O7. The number of amides is 1. The lowest BCUT2D eigenvalue weighted by atomic mass is 10.0. The highest BCUT2D eigenvalue weighted by Gasteiger charge is 2.45. The largest absolute Gasteiger partial charge is 0.467 e. The van der Waals surface area contributed by atoms with Gasteiger partial charge in [0, 0.05) is 44.0 Å². The maximum atomic E-state index is 15.3. The van der Waals surface area contributed by atoms with E-state index in [-0.39, 0.29) is 43.2 Å². The molecule has 12 nitrogen and oxygen atoms in total. The van der Waals surface area contributed by atoms with Crippen LogP contribution in [0, 0.1) is 12.7 Å². The van der Waals surface area contributed by atoms with Gasteiger partial charge in [0.25, 0.3) is 11.5 Å². The number of ether oxygens (including phenoxy) is 3. The fourth-order valence-corrected chi connectivity index (χ4v) is 5.66. The smallest absolute Gasteiger partial charge is 0.411 e. The van der Waals surface area contributed by atoms with E-state index in [1.54, 1.807) is 7.05 Å². The number of halogens is 4. The van der Waals surface area contributed by atoms with Gasteiger partial charge < -0.3 is 24.4 Å². The lowest BCUT2D eigenvalue weighted by Crippen LogP contribution is -2.53. The van der Waals surface area contributed by atoms with Crippen molar-refractivity contribution in [2.45, 2.75) is 44.6 Å². The number of aryl methyl sites for hydroxylation is 1. The van der Waals surface area contributed by atoms with Gasteiger partial charge in [-0.15, -0.1) is 0 Å². The van der Waals surface area contributed by atoms with E-state index < -0.39 is 59.4 Å². The maximum absolute atomic E-state index is 15.3. The molecule has 0 radical (unpaired) electrons. The summed E-state index contributed by atoms with van der Waals surface area (Å²) in [6.07, 6.45) is -3.04. The van der Waals surface area contributed by atoms with Crippen molar-refractivity contribution in [3.63, 3.8) is 0 Å². The van der Waals surface area contributed by atoms with E-state index in [9.17, 15) is 32.3 Å². The van der Waals surface area contributed by atoms with Gasteiger partial charge >= 0.3 is 17.8 Å². The van der Waals surface area contributed by atoms with Crippen LogP contribution in [-0.2, 0) is 45.5 Å². The Hall–Kier alpha value is -4.57. The molecule has 1 N–H and O–H groups in total. The van der Waals surface area contributed by atoms with Crippen LogP contribution in [0.15, 0.2) is 40.1 Å². The van der Waals surface area contributed by atoms with Crippen LogP contribution in [0.4, 0.5) is 23.2 Å². The molecule has 1 saturated heterocycles. The summed E-state index contributed by atoms with van der Waals surface area (Å²) in [7, 11) is 2.66. The van der Waals surface area contributed by atoms with Gasteiger partial charge in [0.1, 0.15) is 23.7 Å². The van der Waals surface area contributed by atoms with E-state index in [0.717, 1.165) is 22.6 Å². The van der Waals surface area contributed by atoms with Crippen molar-refractivity contribution in [2.75, 3.05) is 38.4 Å². The van der Waals surface area contributed by atoms with Crippen LogP contribution in [0.1, 0.15) is 32.7 Å². The molecule has 0 saturated carbocycles. The molecular weight excluding hydrogens is 618 g/mol. The molecule has 16 heteroatoms. The zero-order valence-corrected chi connectivity index (χ0v) is 25.1. The van der Waals surface area contributed by atoms with Gasteiger partial charge in [-0.25, -0.2) is 23.5 Å². The molecule has 1 amide bonds. The lowest BCUT2D eigenvalue weighted by Gasteiger charge is -2.38. The monoisotopic (exact) mass is 649 g/mol. The van der Waals surface area contributed by atoms with Crippen LogP contribution < -0.4 is 21.5 Å². The number of carbonyl (C=O) groups is 2. The second-order valence-electron chi connectivity index (χ2n) is 10.9. The van der Waals surface area contributed by atoms with E-state index >= 15 is 4.39 Å². The highest BCUT2D eigenvalue weighted by Crippen LogP contribution is 2.33. The second kappa shape index (κ2) is 13.0. The van der Waals surface area contributed by atoms with Gasteiger partial charge in [-0.2, -0.15) is 13.2 Å². The number of aromatic nitrogens is 3. The Labute approximate surface area is 259 Å². The van der Waals surface area contributed by atoms with Crippen molar-refractivity contribution in [2.24, 2.45) is 7.05 Å².